The Kier molecular flexibility index (Phi) is 4.81. The molecule has 1 aromatic heterocycles. The number of hydrogen-bond donors (Lipinski definition) is 0. The van der Waals surface area contributed by atoms with Crippen LogP contribution < -0.4 is 10.6 Å². The Hall–Kier alpha value is 0.690. The molecule has 1 heterocycles. The summed E-state index contributed by atoms with van der Waals surface area (Å²) in [6, 6.07) is 0. The Morgan fingerprint density at radius 2 is 1.05 bits per heavy atom. The maximum Gasteiger partial charge on any atom is 0.371 e. The van der Waals surface area contributed by atoms with Gasteiger partial charge in [-0.3, -0.25) is 0 Å². The molecule has 5 heteroatoms. The second kappa shape index (κ2) is 5.15. The third-order valence-electron chi connectivity index (χ3n) is 4.41. The highest BCUT2D eigenvalue weighted by atomic mass is 32.1. The summed E-state index contributed by atoms with van der Waals surface area (Å²) in [5.74, 6) is 0. The fourth-order valence-corrected chi connectivity index (χ4v) is 8.35. The quantitative estimate of drug-likeness (QED) is 0.571. The zero-order chi connectivity index (χ0) is 15.3. The number of rotatable bonds is 2. The molecular weight excluding hydrogens is 284 g/mol. The van der Waals surface area contributed by atoms with Crippen LogP contribution in [0.2, 0.25) is 0 Å². The number of hydrogen-bond acceptors (Lipinski definition) is 1. The fraction of sp³-hybridized carbons (Fsp3) is 0.714. The van der Waals surface area contributed by atoms with Gasteiger partial charge in [0.15, 0.2) is 0 Å². The Labute approximate surface area is 127 Å². The van der Waals surface area contributed by atoms with Crippen LogP contribution in [0.1, 0.15) is 41.5 Å². The summed E-state index contributed by atoms with van der Waals surface area (Å²) in [5.41, 5.74) is 0. The Bertz CT molecular complexity index is 410. The van der Waals surface area contributed by atoms with Crippen molar-refractivity contribution in [2.45, 2.75) is 51.9 Å². The van der Waals surface area contributed by atoms with Crippen LogP contribution in [-0.2, 0) is 0 Å². The van der Waals surface area contributed by atoms with Crippen molar-refractivity contribution in [1.82, 2.24) is 0 Å². The minimum Gasteiger partial charge on any atom is -0.144 e. The summed E-state index contributed by atoms with van der Waals surface area (Å²) in [6.07, 6.45) is 0. The van der Waals surface area contributed by atoms with Gasteiger partial charge in [0.2, 0.25) is 0 Å². The van der Waals surface area contributed by atoms with Crippen LogP contribution in [0, 0.1) is 0 Å². The topological polar surface area (TPSA) is 0 Å². The maximum atomic E-state index is 6.78. The van der Waals surface area contributed by atoms with Gasteiger partial charge in [0.25, 0.3) is 0 Å². The van der Waals surface area contributed by atoms with Gasteiger partial charge in [-0.2, -0.15) is 0 Å². The Morgan fingerprint density at radius 1 is 0.789 bits per heavy atom. The summed E-state index contributed by atoms with van der Waals surface area (Å²) in [7, 11) is 10.2. The first-order valence-corrected chi connectivity index (χ1v) is 12.2. The van der Waals surface area contributed by atoms with E-state index in [-0.39, 0.29) is 10.3 Å². The van der Waals surface area contributed by atoms with Crippen LogP contribution in [-0.4, -0.2) is 38.8 Å². The lowest BCUT2D eigenvalue weighted by molar-refractivity contribution is 0.785. The molecule has 0 N–H and O–H groups in total. The lowest BCUT2D eigenvalue weighted by atomic mass is 10.2. The van der Waals surface area contributed by atoms with E-state index in [1.54, 1.807) is 11.3 Å². The zero-order valence-corrected chi connectivity index (χ0v) is 16.2. The second-order valence-corrected chi connectivity index (χ2v) is 16.3. The molecule has 0 nitrogen and oxygen atoms in total. The summed E-state index contributed by atoms with van der Waals surface area (Å²) in [5, 5.41) is 7.40. The van der Waals surface area contributed by atoms with Crippen molar-refractivity contribution in [3.05, 3.63) is 10.8 Å². The molecule has 0 saturated carbocycles. The minimum absolute atomic E-state index is 0.112. The molecule has 1 rings (SSSR count). The van der Waals surface area contributed by atoms with E-state index in [9.17, 15) is 0 Å². The first-order valence-electron chi connectivity index (χ1n) is 6.60. The average Bonchev–Trinajstić information content (AvgIpc) is 2.62. The Balaban J connectivity index is 3.43. The lowest BCUT2D eigenvalue weighted by Crippen LogP contribution is -2.39. The minimum atomic E-state index is -1.68. The molecule has 0 spiro atoms. The monoisotopic (exact) mass is 310 g/mol. The fourth-order valence-electron chi connectivity index (χ4n) is 1.70. The van der Waals surface area contributed by atoms with Gasteiger partial charge in [-0.15, -0.1) is 11.3 Å². The molecule has 0 saturated heterocycles. The third-order valence-corrected chi connectivity index (χ3v) is 14.0. The average molecular weight is 310 g/mol. The van der Waals surface area contributed by atoms with Crippen molar-refractivity contribution >= 4 is 51.4 Å². The van der Waals surface area contributed by atoms with E-state index in [0.29, 0.717) is 0 Å². The van der Waals surface area contributed by atoms with Gasteiger partial charge in [0, 0.05) is 38.4 Å². The van der Waals surface area contributed by atoms with Crippen LogP contribution in [0.3, 0.4) is 0 Å². The van der Waals surface area contributed by atoms with Crippen molar-refractivity contribution in [1.29, 1.82) is 0 Å². The predicted octanol–water partition coefficient (Wildman–Crippen LogP) is 4.06. The summed E-state index contributed by atoms with van der Waals surface area (Å²) < 4.78 is 0. The molecule has 0 fully saturated rings. The molecule has 2 unspecified atom stereocenters. The molecule has 2 atom stereocenters. The SMILES string of the molecule is [B][P+](C)(c1cscc1[P+]([B])(C)C(C)(C)C)C(C)(C)C. The maximum absolute atomic E-state index is 6.78. The van der Waals surface area contributed by atoms with Gasteiger partial charge in [0.1, 0.15) is 10.6 Å². The van der Waals surface area contributed by atoms with E-state index in [1.165, 1.54) is 10.6 Å². The van der Waals surface area contributed by atoms with E-state index in [0.717, 1.165) is 0 Å². The molecule has 0 aliphatic heterocycles. The Morgan fingerprint density at radius 3 is 1.26 bits per heavy atom. The van der Waals surface area contributed by atoms with Gasteiger partial charge in [-0.1, -0.05) is 0 Å². The molecule has 0 aliphatic carbocycles. The van der Waals surface area contributed by atoms with Gasteiger partial charge in [0.05, 0.1) is 10.3 Å². The van der Waals surface area contributed by atoms with Gasteiger partial charge in [-0.05, 0) is 41.5 Å². The third kappa shape index (κ3) is 3.14. The first-order chi connectivity index (χ1) is 8.23. The summed E-state index contributed by atoms with van der Waals surface area (Å²) in [4.78, 5) is 0. The number of thiophene rings is 1. The van der Waals surface area contributed by atoms with Gasteiger partial charge in [-0.25, -0.2) is 0 Å². The van der Waals surface area contributed by atoms with Crippen molar-refractivity contribution in [3.8, 4) is 0 Å². The highest BCUT2D eigenvalue weighted by Crippen LogP contribution is 2.66. The summed E-state index contributed by atoms with van der Waals surface area (Å²) in [6.45, 7) is 17.9. The van der Waals surface area contributed by atoms with Crippen LogP contribution >= 0.6 is 25.6 Å². The molecule has 0 aromatic carbocycles. The first kappa shape index (κ1) is 17.7. The van der Waals surface area contributed by atoms with Gasteiger partial charge < -0.3 is 0 Å². The van der Waals surface area contributed by atoms with E-state index < -0.39 is 14.3 Å². The van der Waals surface area contributed by atoms with Crippen molar-refractivity contribution in [2.24, 2.45) is 0 Å². The van der Waals surface area contributed by atoms with Gasteiger partial charge >= 0.3 is 15.1 Å². The van der Waals surface area contributed by atoms with Crippen LogP contribution in [0.5, 0.6) is 0 Å². The standard InChI is InChI=1S/C14H26B2P2S/c1-13(2,3)17(7,15)11-9-19-10-12(11)18(8,16)14(4,5)6/h9-10H,1-8H3/q+2. The van der Waals surface area contributed by atoms with Crippen molar-refractivity contribution in [3.63, 3.8) is 0 Å². The lowest BCUT2D eigenvalue weighted by Gasteiger charge is -2.37. The normalized spacial score (nSPS) is 19.8. The second-order valence-electron chi connectivity index (χ2n) is 7.63. The van der Waals surface area contributed by atoms with Crippen molar-refractivity contribution < 1.29 is 0 Å². The van der Waals surface area contributed by atoms with Crippen LogP contribution in [0.25, 0.3) is 0 Å². The van der Waals surface area contributed by atoms with Crippen LogP contribution in [0.4, 0.5) is 0 Å². The molecule has 0 aliphatic rings. The smallest absolute Gasteiger partial charge is 0.144 e. The molecule has 0 bridgehead atoms. The largest absolute Gasteiger partial charge is 0.371 e. The highest BCUT2D eigenvalue weighted by Gasteiger charge is 2.51. The van der Waals surface area contributed by atoms with E-state index in [2.05, 4.69) is 65.6 Å². The van der Waals surface area contributed by atoms with Crippen LogP contribution in [0.15, 0.2) is 10.8 Å². The predicted molar refractivity (Wildman–Crippen MR) is 100 cm³/mol. The van der Waals surface area contributed by atoms with E-state index in [1.807, 2.05) is 0 Å². The highest BCUT2D eigenvalue weighted by molar-refractivity contribution is 8.08. The molecule has 4 radical (unpaired) electrons. The molecule has 19 heavy (non-hydrogen) atoms. The van der Waals surface area contributed by atoms with E-state index >= 15 is 0 Å². The molecule has 102 valence electrons. The summed E-state index contributed by atoms with van der Waals surface area (Å²) >= 11 is 1.75. The molecule has 0 amide bonds. The zero-order valence-electron chi connectivity index (χ0n) is 13.6. The van der Waals surface area contributed by atoms with Crippen molar-refractivity contribution in [2.75, 3.05) is 13.3 Å². The molecule has 1 aromatic rings. The van der Waals surface area contributed by atoms with E-state index in [4.69, 9.17) is 15.1 Å². The molecular formula is C14H26B2P2S+2.